The molecule has 0 bridgehead atoms. The van der Waals surface area contributed by atoms with Crippen molar-refractivity contribution in [3.63, 3.8) is 0 Å². The van der Waals surface area contributed by atoms with E-state index < -0.39 is 0 Å². The van der Waals surface area contributed by atoms with E-state index >= 15 is 0 Å². The van der Waals surface area contributed by atoms with Crippen molar-refractivity contribution in [1.29, 1.82) is 5.41 Å². The van der Waals surface area contributed by atoms with Crippen molar-refractivity contribution in [2.24, 2.45) is 5.73 Å². The number of hydrogen-bond acceptors (Lipinski definition) is 3. The number of ether oxygens (including phenoxy) is 1. The lowest BCUT2D eigenvalue weighted by molar-refractivity contribution is -0.121. The molecule has 3 N–H and O–H groups in total. The molecule has 0 atom stereocenters. The van der Waals surface area contributed by atoms with Crippen molar-refractivity contribution in [3.05, 3.63) is 23.2 Å². The lowest BCUT2D eigenvalue weighted by Crippen LogP contribution is -2.40. The van der Waals surface area contributed by atoms with Gasteiger partial charge in [0, 0.05) is 18.0 Å². The summed E-state index contributed by atoms with van der Waals surface area (Å²) in [6.07, 6.45) is 0.331. The van der Waals surface area contributed by atoms with Gasteiger partial charge in [0.15, 0.2) is 6.61 Å². The fraction of sp³-hybridized carbons (Fsp3) is 0.273. The van der Waals surface area contributed by atoms with Crippen LogP contribution in [-0.4, -0.2) is 24.9 Å². The Bertz CT molecular complexity index is 479. The van der Waals surface area contributed by atoms with Crippen LogP contribution in [0.5, 0.6) is 5.75 Å². The van der Waals surface area contributed by atoms with Gasteiger partial charge in [0.1, 0.15) is 5.75 Å². The average molecular weight is 290 g/mol. The minimum atomic E-state index is -0.152. The molecule has 0 saturated carbocycles. The Hall–Kier alpha value is -1.46. The maximum atomic E-state index is 11.7. The minimum Gasteiger partial charge on any atom is -0.482 e. The van der Waals surface area contributed by atoms with Gasteiger partial charge in [-0.25, -0.2) is 0 Å². The molecule has 0 spiro atoms. The van der Waals surface area contributed by atoms with Crippen molar-refractivity contribution < 1.29 is 9.53 Å². The summed E-state index contributed by atoms with van der Waals surface area (Å²) >= 11 is 5.89. The lowest BCUT2D eigenvalue weighted by atomic mass is 10.2. The number of hydrogen-bond donors (Lipinski definition) is 2. The molecule has 0 unspecified atom stereocenters. The molecule has 7 heteroatoms. The first kappa shape index (κ1) is 14.6. The molecule has 0 fully saturated rings. The van der Waals surface area contributed by atoms with E-state index in [-0.39, 0.29) is 30.8 Å². The van der Waals surface area contributed by atoms with Gasteiger partial charge in [-0.05, 0) is 18.2 Å². The summed E-state index contributed by atoms with van der Waals surface area (Å²) < 4.78 is 5.29. The highest BCUT2D eigenvalue weighted by Crippen LogP contribution is 2.34. The summed E-state index contributed by atoms with van der Waals surface area (Å²) in [5, 5.41) is 7.72. The van der Waals surface area contributed by atoms with Gasteiger partial charge in [0.05, 0.1) is 11.5 Å². The second-order valence-electron chi connectivity index (χ2n) is 3.72. The van der Waals surface area contributed by atoms with Crippen LogP contribution in [0.2, 0.25) is 5.02 Å². The van der Waals surface area contributed by atoms with E-state index in [2.05, 4.69) is 0 Å². The zero-order valence-electron chi connectivity index (χ0n) is 9.48. The largest absolute Gasteiger partial charge is 0.482 e. The number of carbonyl (C=O) groups excluding carboxylic acids is 1. The molecule has 0 aliphatic carbocycles. The van der Waals surface area contributed by atoms with Crippen molar-refractivity contribution in [2.45, 2.75) is 6.42 Å². The van der Waals surface area contributed by atoms with Gasteiger partial charge in [-0.3, -0.25) is 10.2 Å². The number of halogens is 2. The van der Waals surface area contributed by atoms with Crippen LogP contribution in [0.25, 0.3) is 0 Å². The summed E-state index contributed by atoms with van der Waals surface area (Å²) in [7, 11) is 0. The molecule has 2 rings (SSSR count). The van der Waals surface area contributed by atoms with Crippen LogP contribution in [-0.2, 0) is 4.79 Å². The number of nitrogens with zero attached hydrogens (tertiary/aromatic N) is 1. The van der Waals surface area contributed by atoms with Crippen molar-refractivity contribution in [1.82, 2.24) is 0 Å². The number of amides is 1. The summed E-state index contributed by atoms with van der Waals surface area (Å²) in [6, 6.07) is 5.11. The standard InChI is InChI=1S/C11H12ClN3O2.ClH/c12-7-1-2-9-8(5-7)15(4-3-10(13)14)11(16)6-17-9;/h1-2,5H,3-4,6H2,(H3,13,14);1H. The molecule has 1 aliphatic rings. The third-order valence-electron chi connectivity index (χ3n) is 2.47. The summed E-state index contributed by atoms with van der Waals surface area (Å²) in [5.41, 5.74) is 5.93. The highest BCUT2D eigenvalue weighted by atomic mass is 35.5. The maximum absolute atomic E-state index is 11.7. The van der Waals surface area contributed by atoms with Gasteiger partial charge in [0.2, 0.25) is 0 Å². The molecule has 0 radical (unpaired) electrons. The zero-order valence-corrected chi connectivity index (χ0v) is 11.1. The SMILES string of the molecule is Cl.N=C(N)CCN1C(=O)COc2ccc(Cl)cc21. The third kappa shape index (κ3) is 3.05. The first-order valence-corrected chi connectivity index (χ1v) is 5.51. The number of nitrogens with two attached hydrogens (primary N) is 1. The van der Waals surface area contributed by atoms with Crippen LogP contribution in [0.4, 0.5) is 5.69 Å². The molecule has 1 heterocycles. The van der Waals surface area contributed by atoms with E-state index in [1.807, 2.05) is 0 Å². The van der Waals surface area contributed by atoms with Crippen LogP contribution in [0.3, 0.4) is 0 Å². The van der Waals surface area contributed by atoms with E-state index in [1.54, 1.807) is 23.1 Å². The molecule has 18 heavy (non-hydrogen) atoms. The monoisotopic (exact) mass is 289 g/mol. The van der Waals surface area contributed by atoms with Crippen LogP contribution in [0.15, 0.2) is 18.2 Å². The summed E-state index contributed by atoms with van der Waals surface area (Å²) in [5.74, 6) is 0.520. The van der Waals surface area contributed by atoms with Crippen LogP contribution >= 0.6 is 24.0 Å². The lowest BCUT2D eigenvalue weighted by Gasteiger charge is -2.29. The molecule has 1 aromatic carbocycles. The van der Waals surface area contributed by atoms with Gasteiger partial charge < -0.3 is 15.4 Å². The number of anilines is 1. The molecule has 0 saturated heterocycles. The summed E-state index contributed by atoms with van der Waals surface area (Å²) in [4.78, 5) is 13.3. The average Bonchev–Trinajstić information content (AvgIpc) is 2.27. The fourth-order valence-corrected chi connectivity index (χ4v) is 1.82. The minimum absolute atomic E-state index is 0. The predicted molar refractivity (Wildman–Crippen MR) is 73.1 cm³/mol. The highest BCUT2D eigenvalue weighted by Gasteiger charge is 2.25. The predicted octanol–water partition coefficient (Wildman–Crippen LogP) is 1.81. The van der Waals surface area contributed by atoms with Crippen molar-refractivity contribution in [3.8, 4) is 5.75 Å². The topological polar surface area (TPSA) is 79.4 Å². The number of carbonyl (C=O) groups is 1. The first-order valence-electron chi connectivity index (χ1n) is 5.13. The number of rotatable bonds is 3. The van der Waals surface area contributed by atoms with E-state index in [0.717, 1.165) is 0 Å². The number of fused-ring (bicyclic) bond motifs is 1. The highest BCUT2D eigenvalue weighted by molar-refractivity contribution is 6.31. The number of amidine groups is 1. The van der Waals surface area contributed by atoms with Crippen LogP contribution < -0.4 is 15.4 Å². The third-order valence-corrected chi connectivity index (χ3v) is 2.70. The summed E-state index contributed by atoms with van der Waals surface area (Å²) in [6.45, 7) is 0.372. The molecule has 1 aliphatic heterocycles. The normalized spacial score (nSPS) is 13.4. The maximum Gasteiger partial charge on any atom is 0.265 e. The van der Waals surface area contributed by atoms with Gasteiger partial charge in [-0.15, -0.1) is 12.4 Å². The molecule has 0 aromatic heterocycles. The van der Waals surface area contributed by atoms with Crippen LogP contribution in [0, 0.1) is 5.41 Å². The molecule has 1 amide bonds. The van der Waals surface area contributed by atoms with Crippen molar-refractivity contribution in [2.75, 3.05) is 18.1 Å². The van der Waals surface area contributed by atoms with Gasteiger partial charge in [0.25, 0.3) is 5.91 Å². The first-order chi connectivity index (χ1) is 8.08. The van der Waals surface area contributed by atoms with Crippen molar-refractivity contribution >= 4 is 41.4 Å². The number of nitrogens with one attached hydrogen (secondary N) is 1. The Morgan fingerprint density at radius 1 is 1.56 bits per heavy atom. The Morgan fingerprint density at radius 2 is 2.28 bits per heavy atom. The molecule has 1 aromatic rings. The van der Waals surface area contributed by atoms with Gasteiger partial charge in [-0.1, -0.05) is 11.6 Å². The Labute approximate surface area is 116 Å². The van der Waals surface area contributed by atoms with Gasteiger partial charge >= 0.3 is 0 Å². The molecular weight excluding hydrogens is 277 g/mol. The quantitative estimate of drug-likeness (QED) is 0.658. The van der Waals surface area contributed by atoms with E-state index in [4.69, 9.17) is 27.5 Å². The zero-order chi connectivity index (χ0) is 12.4. The second kappa shape index (κ2) is 5.93. The molecular formula is C11H13Cl2N3O2. The van der Waals surface area contributed by atoms with Crippen LogP contribution in [0.1, 0.15) is 6.42 Å². The van der Waals surface area contributed by atoms with Gasteiger partial charge in [-0.2, -0.15) is 0 Å². The Kier molecular flexibility index (Phi) is 4.81. The van der Waals surface area contributed by atoms with E-state index in [9.17, 15) is 4.79 Å². The smallest absolute Gasteiger partial charge is 0.265 e. The van der Waals surface area contributed by atoms with E-state index in [1.165, 1.54) is 0 Å². The van der Waals surface area contributed by atoms with E-state index in [0.29, 0.717) is 29.4 Å². The molecule has 98 valence electrons. The second-order valence-corrected chi connectivity index (χ2v) is 4.16. The Balaban J connectivity index is 0.00000162. The molecule has 5 nitrogen and oxygen atoms in total. The fourth-order valence-electron chi connectivity index (χ4n) is 1.65. The number of benzene rings is 1. The Morgan fingerprint density at radius 3 is 2.94 bits per heavy atom.